The van der Waals surface area contributed by atoms with Crippen LogP contribution in [0.15, 0.2) is 16.7 Å². The number of amides is 3. The fourth-order valence-corrected chi connectivity index (χ4v) is 3.41. The second kappa shape index (κ2) is 7.70. The molecule has 2 fully saturated rings. The predicted octanol–water partition coefficient (Wildman–Crippen LogP) is 1.54. The number of urea groups is 1. The van der Waals surface area contributed by atoms with E-state index in [1.54, 1.807) is 15.9 Å². The number of hydrogen-bond donors (Lipinski definition) is 2. The summed E-state index contributed by atoms with van der Waals surface area (Å²) >= 11 is 0. The van der Waals surface area contributed by atoms with Crippen LogP contribution in [-0.2, 0) is 6.54 Å². The van der Waals surface area contributed by atoms with E-state index in [-0.39, 0.29) is 18.5 Å². The minimum atomic E-state index is -0.0641. The minimum absolute atomic E-state index is 0.00253. The second-order valence-electron chi connectivity index (χ2n) is 6.57. The molecule has 0 bridgehead atoms. The molecule has 0 atom stereocenters. The predicted molar refractivity (Wildman–Crippen MR) is 89.5 cm³/mol. The van der Waals surface area contributed by atoms with E-state index in [0.29, 0.717) is 43.5 Å². The van der Waals surface area contributed by atoms with Gasteiger partial charge >= 0.3 is 6.03 Å². The lowest BCUT2D eigenvalue weighted by Crippen LogP contribution is -2.54. The Hall–Kier alpha value is -2.02. The van der Waals surface area contributed by atoms with Crippen molar-refractivity contribution in [3.63, 3.8) is 0 Å². The van der Waals surface area contributed by atoms with E-state index in [0.717, 1.165) is 12.8 Å². The minimum Gasteiger partial charge on any atom is -0.467 e. The van der Waals surface area contributed by atoms with Gasteiger partial charge in [0, 0.05) is 32.2 Å². The highest BCUT2D eigenvalue weighted by Crippen LogP contribution is 2.18. The lowest BCUT2D eigenvalue weighted by Gasteiger charge is -2.35. The quantitative estimate of drug-likeness (QED) is 0.877. The van der Waals surface area contributed by atoms with Crippen LogP contribution in [0.25, 0.3) is 0 Å². The maximum absolute atomic E-state index is 12.4. The molecule has 24 heavy (non-hydrogen) atoms. The molecule has 1 aliphatic heterocycles. The van der Waals surface area contributed by atoms with Gasteiger partial charge in [0.25, 0.3) is 5.91 Å². The van der Waals surface area contributed by atoms with E-state index in [1.165, 1.54) is 25.5 Å². The SMILES string of the molecule is NCc1cc(C(=O)N2CCN(C(=O)NC3CCCCC3)CC2)co1. The Morgan fingerprint density at radius 1 is 1.12 bits per heavy atom. The number of carbonyl (C=O) groups is 2. The van der Waals surface area contributed by atoms with Crippen molar-refractivity contribution in [1.29, 1.82) is 0 Å². The number of carbonyl (C=O) groups excluding carboxylic acids is 2. The molecule has 1 aromatic heterocycles. The van der Waals surface area contributed by atoms with Gasteiger partial charge in [0.1, 0.15) is 12.0 Å². The first kappa shape index (κ1) is 16.8. The zero-order chi connectivity index (χ0) is 16.9. The molecule has 7 nitrogen and oxygen atoms in total. The Morgan fingerprint density at radius 3 is 2.42 bits per heavy atom. The average molecular weight is 334 g/mol. The summed E-state index contributed by atoms with van der Waals surface area (Å²) in [6.07, 6.45) is 7.27. The highest BCUT2D eigenvalue weighted by atomic mass is 16.3. The lowest BCUT2D eigenvalue weighted by molar-refractivity contribution is 0.0662. The summed E-state index contributed by atoms with van der Waals surface area (Å²) in [6.45, 7) is 2.49. The van der Waals surface area contributed by atoms with Crippen molar-refractivity contribution in [2.24, 2.45) is 5.73 Å². The molecule has 0 spiro atoms. The lowest BCUT2D eigenvalue weighted by atomic mass is 9.96. The van der Waals surface area contributed by atoms with Crippen LogP contribution in [-0.4, -0.2) is 54.0 Å². The van der Waals surface area contributed by atoms with Crippen molar-refractivity contribution in [1.82, 2.24) is 15.1 Å². The van der Waals surface area contributed by atoms with Gasteiger partial charge in [0.2, 0.25) is 0 Å². The summed E-state index contributed by atoms with van der Waals surface area (Å²) in [5, 5.41) is 3.13. The summed E-state index contributed by atoms with van der Waals surface area (Å²) in [6, 6.07) is 2.00. The molecule has 0 unspecified atom stereocenters. The smallest absolute Gasteiger partial charge is 0.317 e. The van der Waals surface area contributed by atoms with Crippen LogP contribution < -0.4 is 11.1 Å². The summed E-state index contributed by atoms with van der Waals surface area (Å²) in [5.74, 6) is 0.537. The van der Waals surface area contributed by atoms with Crippen molar-refractivity contribution in [2.45, 2.75) is 44.7 Å². The van der Waals surface area contributed by atoms with E-state index >= 15 is 0 Å². The van der Waals surface area contributed by atoms with Crippen LogP contribution in [0, 0.1) is 0 Å². The van der Waals surface area contributed by atoms with Crippen molar-refractivity contribution in [2.75, 3.05) is 26.2 Å². The van der Waals surface area contributed by atoms with Crippen LogP contribution >= 0.6 is 0 Å². The van der Waals surface area contributed by atoms with Crippen molar-refractivity contribution in [3.05, 3.63) is 23.7 Å². The van der Waals surface area contributed by atoms with Crippen molar-refractivity contribution in [3.8, 4) is 0 Å². The zero-order valence-electron chi connectivity index (χ0n) is 14.0. The molecule has 2 heterocycles. The largest absolute Gasteiger partial charge is 0.467 e. The van der Waals surface area contributed by atoms with Gasteiger partial charge in [-0.25, -0.2) is 4.79 Å². The van der Waals surface area contributed by atoms with E-state index in [9.17, 15) is 9.59 Å². The molecular formula is C17H26N4O3. The molecular weight excluding hydrogens is 308 g/mol. The topological polar surface area (TPSA) is 91.8 Å². The Morgan fingerprint density at radius 2 is 1.79 bits per heavy atom. The van der Waals surface area contributed by atoms with E-state index in [1.807, 2.05) is 0 Å². The molecule has 3 amide bonds. The first-order valence-electron chi connectivity index (χ1n) is 8.79. The number of nitrogens with zero attached hydrogens (tertiary/aromatic N) is 2. The molecule has 0 radical (unpaired) electrons. The van der Waals surface area contributed by atoms with Gasteiger partial charge in [0.05, 0.1) is 12.1 Å². The van der Waals surface area contributed by atoms with E-state index in [2.05, 4.69) is 5.32 Å². The van der Waals surface area contributed by atoms with Crippen LogP contribution in [0.5, 0.6) is 0 Å². The Kier molecular flexibility index (Phi) is 5.40. The standard InChI is InChI=1S/C17H26N4O3/c18-11-15-10-13(12-24-15)16(22)20-6-8-21(9-7-20)17(23)19-14-4-2-1-3-5-14/h10,12,14H,1-9,11,18H2,(H,19,23). The van der Waals surface area contributed by atoms with Gasteiger partial charge in [-0.15, -0.1) is 0 Å². The molecule has 0 aromatic carbocycles. The van der Waals surface area contributed by atoms with E-state index < -0.39 is 0 Å². The number of nitrogens with one attached hydrogen (secondary N) is 1. The summed E-state index contributed by atoms with van der Waals surface area (Å²) in [5.41, 5.74) is 6.02. The number of piperazine rings is 1. The number of hydrogen-bond acceptors (Lipinski definition) is 4. The van der Waals surface area contributed by atoms with Crippen LogP contribution in [0.3, 0.4) is 0 Å². The van der Waals surface area contributed by atoms with Gasteiger partial charge in [0.15, 0.2) is 0 Å². The third kappa shape index (κ3) is 3.90. The highest BCUT2D eigenvalue weighted by molar-refractivity contribution is 5.94. The fourth-order valence-electron chi connectivity index (χ4n) is 3.41. The normalized spacial score (nSPS) is 19.4. The molecule has 1 aliphatic carbocycles. The molecule has 1 saturated carbocycles. The highest BCUT2D eigenvalue weighted by Gasteiger charge is 2.27. The molecule has 2 aliphatic rings. The molecule has 7 heteroatoms. The maximum Gasteiger partial charge on any atom is 0.317 e. The Bertz CT molecular complexity index is 572. The average Bonchev–Trinajstić information content (AvgIpc) is 3.11. The molecule has 1 aromatic rings. The van der Waals surface area contributed by atoms with E-state index in [4.69, 9.17) is 10.2 Å². The first-order chi connectivity index (χ1) is 11.7. The molecule has 3 rings (SSSR count). The second-order valence-corrected chi connectivity index (χ2v) is 6.57. The fraction of sp³-hybridized carbons (Fsp3) is 0.647. The van der Waals surface area contributed by atoms with Gasteiger partial charge in [-0.05, 0) is 18.9 Å². The summed E-state index contributed by atoms with van der Waals surface area (Å²) in [7, 11) is 0. The molecule has 132 valence electrons. The summed E-state index contributed by atoms with van der Waals surface area (Å²) < 4.78 is 5.22. The Balaban J connectivity index is 1.47. The van der Waals surface area contributed by atoms with Gasteiger partial charge in [-0.3, -0.25) is 4.79 Å². The van der Waals surface area contributed by atoms with Gasteiger partial charge in [-0.1, -0.05) is 19.3 Å². The van der Waals surface area contributed by atoms with Crippen LogP contribution in [0.2, 0.25) is 0 Å². The molecule has 3 N–H and O–H groups in total. The van der Waals surface area contributed by atoms with Crippen molar-refractivity contribution < 1.29 is 14.0 Å². The van der Waals surface area contributed by atoms with Crippen molar-refractivity contribution >= 4 is 11.9 Å². The zero-order valence-corrected chi connectivity index (χ0v) is 14.0. The molecule has 1 saturated heterocycles. The monoisotopic (exact) mass is 334 g/mol. The third-order valence-electron chi connectivity index (χ3n) is 4.89. The maximum atomic E-state index is 12.4. The van der Waals surface area contributed by atoms with Crippen LogP contribution in [0.1, 0.15) is 48.2 Å². The Labute approximate surface area is 142 Å². The summed E-state index contributed by atoms with van der Waals surface area (Å²) in [4.78, 5) is 28.3. The number of nitrogens with two attached hydrogens (primary N) is 1. The van der Waals surface area contributed by atoms with Gasteiger partial charge < -0.3 is 25.3 Å². The van der Waals surface area contributed by atoms with Gasteiger partial charge in [-0.2, -0.15) is 0 Å². The third-order valence-corrected chi connectivity index (χ3v) is 4.89. The number of rotatable bonds is 3. The van der Waals surface area contributed by atoms with Crippen LogP contribution in [0.4, 0.5) is 4.79 Å². The first-order valence-corrected chi connectivity index (χ1v) is 8.79. The number of furan rings is 1.